The quantitative estimate of drug-likeness (QED) is 0.572. The van der Waals surface area contributed by atoms with Crippen molar-refractivity contribution >= 4 is 33.4 Å². The van der Waals surface area contributed by atoms with Crippen LogP contribution in [-0.2, 0) is 11.3 Å². The van der Waals surface area contributed by atoms with Crippen molar-refractivity contribution in [3.63, 3.8) is 0 Å². The molecule has 0 saturated carbocycles. The van der Waals surface area contributed by atoms with Gasteiger partial charge < -0.3 is 15.0 Å². The van der Waals surface area contributed by atoms with Crippen LogP contribution in [0.3, 0.4) is 0 Å². The molecule has 0 aliphatic carbocycles. The first-order valence-electron chi connectivity index (χ1n) is 9.66. The number of rotatable bonds is 6. The summed E-state index contributed by atoms with van der Waals surface area (Å²) in [6.45, 7) is 1.07. The maximum absolute atomic E-state index is 12.8. The molecule has 30 heavy (non-hydrogen) atoms. The molecule has 0 spiro atoms. The third kappa shape index (κ3) is 4.68. The first-order valence-corrected chi connectivity index (χ1v) is 10.5. The number of nitrogens with one attached hydrogen (secondary N) is 1. The highest BCUT2D eigenvalue weighted by molar-refractivity contribution is 9.10. The van der Waals surface area contributed by atoms with Crippen LogP contribution < -0.4 is 15.0 Å². The molecule has 152 valence electrons. The molecule has 0 unspecified atom stereocenters. The number of halogens is 1. The van der Waals surface area contributed by atoms with Gasteiger partial charge >= 0.3 is 0 Å². The second-order valence-electron chi connectivity index (χ2n) is 6.92. The summed E-state index contributed by atoms with van der Waals surface area (Å²) in [4.78, 5) is 30.8. The Morgan fingerprint density at radius 2 is 2.00 bits per heavy atom. The summed E-state index contributed by atoms with van der Waals surface area (Å²) in [6, 6.07) is 18.4. The minimum absolute atomic E-state index is 0.140. The van der Waals surface area contributed by atoms with Crippen molar-refractivity contribution in [2.45, 2.75) is 19.4 Å². The minimum Gasteiger partial charge on any atom is -0.438 e. The molecule has 3 aromatic rings. The molecule has 1 saturated heterocycles. The van der Waals surface area contributed by atoms with Gasteiger partial charge in [-0.2, -0.15) is 0 Å². The molecule has 1 N–H and O–H groups in total. The van der Waals surface area contributed by atoms with Crippen LogP contribution in [0.4, 0.5) is 5.69 Å². The molecule has 0 atom stereocenters. The number of hydrogen-bond donors (Lipinski definition) is 1. The lowest BCUT2D eigenvalue weighted by Gasteiger charge is -2.17. The van der Waals surface area contributed by atoms with Crippen LogP contribution in [0.5, 0.6) is 11.6 Å². The average molecular weight is 466 g/mol. The Morgan fingerprint density at radius 3 is 2.80 bits per heavy atom. The number of anilines is 1. The number of ether oxygens (including phenoxy) is 1. The molecule has 6 nitrogen and oxygen atoms in total. The van der Waals surface area contributed by atoms with Crippen LogP contribution in [0.1, 0.15) is 28.8 Å². The number of benzene rings is 2. The van der Waals surface area contributed by atoms with Crippen molar-refractivity contribution in [2.24, 2.45) is 0 Å². The number of aromatic nitrogens is 1. The van der Waals surface area contributed by atoms with E-state index in [0.29, 0.717) is 24.3 Å². The highest BCUT2D eigenvalue weighted by Gasteiger charge is 2.21. The van der Waals surface area contributed by atoms with Gasteiger partial charge in [0.05, 0.1) is 0 Å². The van der Waals surface area contributed by atoms with E-state index in [9.17, 15) is 9.59 Å². The molecule has 2 aromatic carbocycles. The highest BCUT2D eigenvalue weighted by Crippen LogP contribution is 2.26. The summed E-state index contributed by atoms with van der Waals surface area (Å²) in [5.41, 5.74) is 2.13. The van der Waals surface area contributed by atoms with Crippen molar-refractivity contribution in [1.29, 1.82) is 0 Å². The summed E-state index contributed by atoms with van der Waals surface area (Å²) in [5, 5.41) is 2.91. The molecule has 4 rings (SSSR count). The van der Waals surface area contributed by atoms with Crippen molar-refractivity contribution in [3.05, 3.63) is 82.5 Å². The molecular weight excluding hydrogens is 446 g/mol. The summed E-state index contributed by atoms with van der Waals surface area (Å²) in [6.07, 6.45) is 3.05. The fourth-order valence-electron chi connectivity index (χ4n) is 3.32. The molecule has 1 aromatic heterocycles. The van der Waals surface area contributed by atoms with Crippen molar-refractivity contribution in [3.8, 4) is 11.6 Å². The Balaban J connectivity index is 1.45. The normalized spacial score (nSPS) is 13.4. The Hall–Kier alpha value is -3.19. The van der Waals surface area contributed by atoms with E-state index in [1.807, 2.05) is 42.5 Å². The first-order chi connectivity index (χ1) is 14.6. The van der Waals surface area contributed by atoms with E-state index in [2.05, 4.69) is 26.2 Å². The van der Waals surface area contributed by atoms with Crippen molar-refractivity contribution < 1.29 is 14.3 Å². The van der Waals surface area contributed by atoms with E-state index in [-0.39, 0.29) is 17.7 Å². The van der Waals surface area contributed by atoms with Crippen LogP contribution in [0.2, 0.25) is 0 Å². The Kier molecular flexibility index (Phi) is 6.09. The smallest absolute Gasteiger partial charge is 0.257 e. The maximum Gasteiger partial charge on any atom is 0.257 e. The molecule has 2 amide bonds. The van der Waals surface area contributed by atoms with Crippen LogP contribution in [0.25, 0.3) is 0 Å². The van der Waals surface area contributed by atoms with Gasteiger partial charge in [0.2, 0.25) is 11.8 Å². The van der Waals surface area contributed by atoms with E-state index >= 15 is 0 Å². The predicted molar refractivity (Wildman–Crippen MR) is 118 cm³/mol. The number of hydrogen-bond acceptors (Lipinski definition) is 4. The van der Waals surface area contributed by atoms with E-state index in [1.54, 1.807) is 29.3 Å². The third-order valence-corrected chi connectivity index (χ3v) is 5.27. The van der Waals surface area contributed by atoms with Gasteiger partial charge in [-0.3, -0.25) is 9.59 Å². The highest BCUT2D eigenvalue weighted by atomic mass is 79.9. The number of pyridine rings is 1. The van der Waals surface area contributed by atoms with Crippen LogP contribution in [0.15, 0.2) is 71.3 Å². The van der Waals surface area contributed by atoms with Crippen molar-refractivity contribution in [1.82, 2.24) is 10.3 Å². The molecule has 1 aliphatic heterocycles. The lowest BCUT2D eigenvalue weighted by atomic mass is 10.1. The van der Waals surface area contributed by atoms with Gasteiger partial charge in [-0.25, -0.2) is 4.98 Å². The molecule has 0 radical (unpaired) electrons. The van der Waals surface area contributed by atoms with E-state index in [0.717, 1.165) is 28.7 Å². The predicted octanol–water partition coefficient (Wildman–Crippen LogP) is 4.69. The maximum atomic E-state index is 12.8. The molecular formula is C23H20BrN3O3. The number of carbonyl (C=O) groups is 2. The summed E-state index contributed by atoms with van der Waals surface area (Å²) < 4.78 is 6.69. The van der Waals surface area contributed by atoms with Gasteiger partial charge in [0.25, 0.3) is 5.91 Å². The van der Waals surface area contributed by atoms with Gasteiger partial charge in [0.1, 0.15) is 11.3 Å². The van der Waals surface area contributed by atoms with Crippen LogP contribution in [-0.4, -0.2) is 23.3 Å². The molecule has 7 heteroatoms. The van der Waals surface area contributed by atoms with Gasteiger partial charge in [-0.1, -0.05) is 34.1 Å². The largest absolute Gasteiger partial charge is 0.438 e. The number of amides is 2. The Labute approximate surface area is 183 Å². The van der Waals surface area contributed by atoms with Crippen LogP contribution >= 0.6 is 15.9 Å². The summed E-state index contributed by atoms with van der Waals surface area (Å²) in [7, 11) is 0. The fraction of sp³-hybridized carbons (Fsp3) is 0.174. The van der Waals surface area contributed by atoms with E-state index in [1.165, 1.54) is 0 Å². The monoisotopic (exact) mass is 465 g/mol. The molecule has 2 heterocycles. The molecule has 0 bridgehead atoms. The zero-order chi connectivity index (χ0) is 20.9. The first kappa shape index (κ1) is 20.1. The fourth-order valence-corrected chi connectivity index (χ4v) is 3.70. The standard InChI is InChI=1S/C23H20BrN3O3/c24-17-6-2-8-19(14-17)30-23-20(9-3-11-25-23)22(29)26-15-16-5-1-7-18(13-16)27-12-4-10-21(27)28/h1-3,5-9,11,13-14H,4,10,12,15H2,(H,26,29). The van der Waals surface area contributed by atoms with Gasteiger partial charge in [0, 0.05) is 35.9 Å². The van der Waals surface area contributed by atoms with Crippen LogP contribution in [0, 0.1) is 0 Å². The molecule has 1 fully saturated rings. The second-order valence-corrected chi connectivity index (χ2v) is 7.83. The van der Waals surface area contributed by atoms with Crippen molar-refractivity contribution in [2.75, 3.05) is 11.4 Å². The minimum atomic E-state index is -0.282. The third-order valence-electron chi connectivity index (χ3n) is 4.78. The van der Waals surface area contributed by atoms with Gasteiger partial charge in [-0.15, -0.1) is 0 Å². The second kappa shape index (κ2) is 9.09. The van der Waals surface area contributed by atoms with E-state index < -0.39 is 0 Å². The summed E-state index contributed by atoms with van der Waals surface area (Å²) in [5.74, 6) is 0.682. The molecule has 1 aliphatic rings. The van der Waals surface area contributed by atoms with E-state index in [4.69, 9.17) is 4.74 Å². The Bertz CT molecular complexity index is 1090. The average Bonchev–Trinajstić information content (AvgIpc) is 3.18. The topological polar surface area (TPSA) is 71.5 Å². The number of carbonyl (C=O) groups excluding carboxylic acids is 2. The lowest BCUT2D eigenvalue weighted by Crippen LogP contribution is -2.25. The van der Waals surface area contributed by atoms with Gasteiger partial charge in [-0.05, 0) is 54.4 Å². The SMILES string of the molecule is O=C(NCc1cccc(N2CCCC2=O)c1)c1cccnc1Oc1cccc(Br)c1. The number of nitrogens with zero attached hydrogens (tertiary/aromatic N) is 2. The zero-order valence-corrected chi connectivity index (χ0v) is 17.8. The zero-order valence-electron chi connectivity index (χ0n) is 16.2. The summed E-state index contributed by atoms with van der Waals surface area (Å²) >= 11 is 3.40. The Morgan fingerprint density at radius 1 is 1.13 bits per heavy atom. The lowest BCUT2D eigenvalue weighted by molar-refractivity contribution is -0.117. The van der Waals surface area contributed by atoms with Gasteiger partial charge in [0.15, 0.2) is 0 Å².